The van der Waals surface area contributed by atoms with Gasteiger partial charge >= 0.3 is 0 Å². The molecule has 4 rings (SSSR count). The number of anilines is 1. The maximum absolute atomic E-state index is 13.1. The van der Waals surface area contributed by atoms with Gasteiger partial charge in [-0.05, 0) is 44.2 Å². The van der Waals surface area contributed by atoms with E-state index in [1.807, 2.05) is 59.5 Å². The molecular weight excluding hydrogens is 414 g/mol. The molecule has 1 saturated heterocycles. The van der Waals surface area contributed by atoms with E-state index in [4.69, 9.17) is 0 Å². The quantitative estimate of drug-likeness (QED) is 0.626. The normalized spacial score (nSPS) is 14.2. The van der Waals surface area contributed by atoms with E-state index in [1.165, 1.54) is 0 Å². The molecule has 7 heteroatoms. The minimum Gasteiger partial charge on any atom is -0.336 e. The van der Waals surface area contributed by atoms with Gasteiger partial charge in [-0.1, -0.05) is 37.3 Å². The monoisotopic (exact) mass is 443 g/mol. The van der Waals surface area contributed by atoms with Crippen molar-refractivity contribution in [3.8, 4) is 11.3 Å². The Morgan fingerprint density at radius 2 is 1.76 bits per heavy atom. The number of hydrogen-bond donors (Lipinski definition) is 1. The van der Waals surface area contributed by atoms with Gasteiger partial charge in [0.1, 0.15) is 5.69 Å². The zero-order valence-corrected chi connectivity index (χ0v) is 19.1. The average molecular weight is 444 g/mol. The first-order valence-electron chi connectivity index (χ1n) is 11.4. The minimum absolute atomic E-state index is 0.0233. The molecule has 3 aromatic rings. The molecule has 1 aliphatic rings. The molecule has 0 unspecified atom stereocenters. The third-order valence-electron chi connectivity index (χ3n) is 5.81. The molecule has 2 amide bonds. The van der Waals surface area contributed by atoms with Gasteiger partial charge in [-0.3, -0.25) is 19.5 Å². The largest absolute Gasteiger partial charge is 0.336 e. The first kappa shape index (κ1) is 22.6. The van der Waals surface area contributed by atoms with E-state index < -0.39 is 0 Å². The smallest absolute Gasteiger partial charge is 0.276 e. The van der Waals surface area contributed by atoms with Crippen molar-refractivity contribution in [1.82, 2.24) is 19.8 Å². The number of piperazine rings is 1. The second-order valence-electron chi connectivity index (χ2n) is 8.22. The van der Waals surface area contributed by atoms with E-state index in [0.717, 1.165) is 44.7 Å². The predicted octanol–water partition coefficient (Wildman–Crippen LogP) is 3.87. The van der Waals surface area contributed by atoms with Gasteiger partial charge in [0.15, 0.2) is 0 Å². The lowest BCUT2D eigenvalue weighted by molar-refractivity contribution is 0.0637. The summed E-state index contributed by atoms with van der Waals surface area (Å²) in [7, 11) is 0. The predicted molar refractivity (Wildman–Crippen MR) is 129 cm³/mol. The van der Waals surface area contributed by atoms with Crippen LogP contribution in [0, 0.1) is 6.92 Å². The summed E-state index contributed by atoms with van der Waals surface area (Å²) in [5.41, 5.74) is 3.44. The van der Waals surface area contributed by atoms with Gasteiger partial charge in [-0.25, -0.2) is 4.98 Å². The van der Waals surface area contributed by atoms with Crippen molar-refractivity contribution >= 4 is 17.5 Å². The molecular formula is C26H29N5O2. The molecule has 1 aromatic heterocycles. The molecule has 0 radical (unpaired) electrons. The van der Waals surface area contributed by atoms with Crippen molar-refractivity contribution in [3.05, 3.63) is 77.7 Å². The topological polar surface area (TPSA) is 78.4 Å². The summed E-state index contributed by atoms with van der Waals surface area (Å²) in [6.07, 6.45) is 2.76. The zero-order valence-electron chi connectivity index (χ0n) is 19.1. The van der Waals surface area contributed by atoms with Gasteiger partial charge in [0, 0.05) is 43.0 Å². The number of hydrogen-bond acceptors (Lipinski definition) is 5. The molecule has 0 spiro atoms. The molecule has 0 aliphatic carbocycles. The van der Waals surface area contributed by atoms with E-state index in [1.54, 1.807) is 13.1 Å². The molecule has 0 saturated carbocycles. The number of aromatic nitrogens is 2. The van der Waals surface area contributed by atoms with Crippen LogP contribution < -0.4 is 5.32 Å². The van der Waals surface area contributed by atoms with Gasteiger partial charge in [0.25, 0.3) is 11.8 Å². The fourth-order valence-electron chi connectivity index (χ4n) is 4.00. The molecule has 170 valence electrons. The first-order chi connectivity index (χ1) is 16.0. The fourth-order valence-corrected chi connectivity index (χ4v) is 4.00. The Balaban J connectivity index is 1.52. The Morgan fingerprint density at radius 3 is 2.48 bits per heavy atom. The molecule has 1 fully saturated rings. The summed E-state index contributed by atoms with van der Waals surface area (Å²) < 4.78 is 0. The molecule has 0 atom stereocenters. The van der Waals surface area contributed by atoms with Crippen LogP contribution in [0.1, 0.15) is 39.9 Å². The van der Waals surface area contributed by atoms with Gasteiger partial charge in [0.05, 0.1) is 17.6 Å². The highest BCUT2D eigenvalue weighted by molar-refractivity contribution is 6.03. The first-order valence-corrected chi connectivity index (χ1v) is 11.4. The minimum atomic E-state index is -0.315. The van der Waals surface area contributed by atoms with Gasteiger partial charge in [-0.2, -0.15) is 0 Å². The Morgan fingerprint density at radius 1 is 1.00 bits per heavy atom. The Labute approximate surface area is 194 Å². The van der Waals surface area contributed by atoms with E-state index in [-0.39, 0.29) is 17.5 Å². The maximum Gasteiger partial charge on any atom is 0.276 e. The number of amides is 2. The summed E-state index contributed by atoms with van der Waals surface area (Å²) in [5, 5.41) is 2.86. The van der Waals surface area contributed by atoms with Crippen LogP contribution in [-0.4, -0.2) is 64.3 Å². The lowest BCUT2D eigenvalue weighted by Gasteiger charge is -2.34. The van der Waals surface area contributed by atoms with Crippen molar-refractivity contribution in [2.75, 3.05) is 38.0 Å². The summed E-state index contributed by atoms with van der Waals surface area (Å²) in [4.78, 5) is 39.1. The van der Waals surface area contributed by atoms with Crippen LogP contribution in [0.2, 0.25) is 0 Å². The van der Waals surface area contributed by atoms with Crippen molar-refractivity contribution in [3.63, 3.8) is 0 Å². The van der Waals surface area contributed by atoms with Crippen LogP contribution in [0.15, 0.2) is 60.8 Å². The van der Waals surface area contributed by atoms with E-state index in [9.17, 15) is 9.59 Å². The van der Waals surface area contributed by atoms with Crippen LogP contribution in [0.25, 0.3) is 11.3 Å². The molecule has 0 bridgehead atoms. The van der Waals surface area contributed by atoms with Crippen LogP contribution in [-0.2, 0) is 0 Å². The average Bonchev–Trinajstić information content (AvgIpc) is 2.85. The summed E-state index contributed by atoms with van der Waals surface area (Å²) in [5.74, 6) is -0.291. The second-order valence-corrected chi connectivity index (χ2v) is 8.22. The van der Waals surface area contributed by atoms with Crippen LogP contribution in [0.4, 0.5) is 5.69 Å². The van der Waals surface area contributed by atoms with Crippen molar-refractivity contribution in [2.45, 2.75) is 20.3 Å². The number of carbonyl (C=O) groups excluding carboxylic acids is 2. The summed E-state index contributed by atoms with van der Waals surface area (Å²) >= 11 is 0. The van der Waals surface area contributed by atoms with E-state index in [2.05, 4.69) is 27.1 Å². The third kappa shape index (κ3) is 5.43. The molecule has 1 aliphatic heterocycles. The summed E-state index contributed by atoms with van der Waals surface area (Å²) in [6, 6.07) is 16.6. The van der Waals surface area contributed by atoms with E-state index in [0.29, 0.717) is 22.6 Å². The van der Waals surface area contributed by atoms with Gasteiger partial charge < -0.3 is 10.2 Å². The number of rotatable bonds is 6. The van der Waals surface area contributed by atoms with Crippen LogP contribution in [0.3, 0.4) is 0 Å². The van der Waals surface area contributed by atoms with Crippen molar-refractivity contribution in [1.29, 1.82) is 0 Å². The van der Waals surface area contributed by atoms with Crippen LogP contribution >= 0.6 is 0 Å². The Bertz CT molecular complexity index is 1120. The zero-order chi connectivity index (χ0) is 23.2. The number of para-hydroxylation sites is 1. The number of benzene rings is 2. The highest BCUT2D eigenvalue weighted by Crippen LogP contribution is 2.21. The lowest BCUT2D eigenvalue weighted by Crippen LogP contribution is -2.48. The molecule has 2 aromatic carbocycles. The highest BCUT2D eigenvalue weighted by atomic mass is 16.2. The van der Waals surface area contributed by atoms with E-state index >= 15 is 0 Å². The number of nitrogens with one attached hydrogen (secondary N) is 1. The third-order valence-corrected chi connectivity index (χ3v) is 5.81. The standard InChI is InChI=1S/C26H29N5O2/c1-3-12-30-13-15-31(16-14-30)26(33)21-9-7-8-20(17-21)23-18-27-19(2)24(29-23)25(32)28-22-10-5-4-6-11-22/h4-11,17-18H,3,12-16H2,1-2H3,(H,28,32). The SMILES string of the molecule is CCCN1CCN(C(=O)c2cccc(-c3cnc(C)c(C(=O)Nc4ccccc4)n3)c2)CC1. The Kier molecular flexibility index (Phi) is 7.10. The maximum atomic E-state index is 13.1. The molecule has 33 heavy (non-hydrogen) atoms. The lowest BCUT2D eigenvalue weighted by atomic mass is 10.1. The summed E-state index contributed by atoms with van der Waals surface area (Å²) in [6.45, 7) is 8.28. The molecule has 7 nitrogen and oxygen atoms in total. The Hall–Kier alpha value is -3.58. The number of nitrogens with zero attached hydrogens (tertiary/aromatic N) is 4. The molecule has 2 heterocycles. The van der Waals surface area contributed by atoms with Gasteiger partial charge in [-0.15, -0.1) is 0 Å². The number of carbonyl (C=O) groups is 2. The van der Waals surface area contributed by atoms with Crippen molar-refractivity contribution in [2.24, 2.45) is 0 Å². The fraction of sp³-hybridized carbons (Fsp3) is 0.308. The van der Waals surface area contributed by atoms with Gasteiger partial charge in [0.2, 0.25) is 0 Å². The number of aryl methyl sites for hydroxylation is 1. The second kappa shape index (κ2) is 10.4. The molecule has 1 N–H and O–H groups in total. The van der Waals surface area contributed by atoms with Crippen molar-refractivity contribution < 1.29 is 9.59 Å². The highest BCUT2D eigenvalue weighted by Gasteiger charge is 2.22. The van der Waals surface area contributed by atoms with Crippen LogP contribution in [0.5, 0.6) is 0 Å².